The van der Waals surface area contributed by atoms with Crippen molar-refractivity contribution in [1.29, 1.82) is 0 Å². The molecule has 1 rings (SSSR count). The molecule has 0 aliphatic rings. The molecule has 5 N–H and O–H groups in total. The molecule has 0 spiro atoms. The maximum Gasteiger partial charge on any atom is 0.214 e. The lowest BCUT2D eigenvalue weighted by Crippen LogP contribution is -2.31. The van der Waals surface area contributed by atoms with Crippen molar-refractivity contribution in [2.45, 2.75) is 6.42 Å². The highest BCUT2D eigenvalue weighted by Gasteiger charge is 2.11. The molecule has 1 aromatic rings. The highest BCUT2D eigenvalue weighted by molar-refractivity contribution is 7.89. The lowest BCUT2D eigenvalue weighted by Gasteiger charge is -2.08. The number of anilines is 1. The topological polar surface area (TPSA) is 142 Å². The number of hydrogen-bond donors (Lipinski definition) is 3. The third-order valence-electron chi connectivity index (χ3n) is 2.43. The fourth-order valence-corrected chi connectivity index (χ4v) is 2.86. The molecular weight excluding hydrogens is 318 g/mol. The lowest BCUT2D eigenvalue weighted by molar-refractivity contribution is 0.340. The first-order valence-corrected chi connectivity index (χ1v) is 9.51. The Morgan fingerprint density at radius 2 is 1.67 bits per heavy atom. The molecule has 0 radical (unpaired) electrons. The molecule has 0 saturated carbocycles. The summed E-state index contributed by atoms with van der Waals surface area (Å²) >= 11 is 0. The zero-order valence-electron chi connectivity index (χ0n) is 11.4. The molecule has 0 amide bonds. The molecule has 0 aliphatic heterocycles. The van der Waals surface area contributed by atoms with Crippen LogP contribution in [0.1, 0.15) is 6.42 Å². The molecule has 120 valence electrons. The minimum atomic E-state index is -3.57. The Labute approximate surface area is 124 Å². The van der Waals surface area contributed by atoms with E-state index in [-0.39, 0.29) is 31.1 Å². The second kappa shape index (κ2) is 7.59. The molecule has 1 aromatic carbocycles. The van der Waals surface area contributed by atoms with Gasteiger partial charge in [0.05, 0.1) is 11.5 Å². The number of rotatable bonds is 9. The van der Waals surface area contributed by atoms with Gasteiger partial charge in [0.15, 0.2) is 0 Å². The fraction of sp³-hybridized carbons (Fsp3) is 0.455. The van der Waals surface area contributed by atoms with Gasteiger partial charge in [-0.15, -0.1) is 0 Å². The zero-order chi connectivity index (χ0) is 15.9. The van der Waals surface area contributed by atoms with E-state index in [9.17, 15) is 16.8 Å². The Balaban J connectivity index is 2.28. The van der Waals surface area contributed by atoms with Gasteiger partial charge in [0.1, 0.15) is 12.4 Å². The number of nitrogens with one attached hydrogen (secondary N) is 1. The van der Waals surface area contributed by atoms with Crippen LogP contribution in [0.15, 0.2) is 24.3 Å². The van der Waals surface area contributed by atoms with Crippen LogP contribution in [-0.2, 0) is 20.0 Å². The highest BCUT2D eigenvalue weighted by atomic mass is 32.2. The first-order valence-electron chi connectivity index (χ1n) is 6.14. The van der Waals surface area contributed by atoms with Crippen LogP contribution in [0.3, 0.4) is 0 Å². The van der Waals surface area contributed by atoms with Crippen molar-refractivity contribution in [3.8, 4) is 5.75 Å². The molecule has 0 unspecified atom stereocenters. The summed E-state index contributed by atoms with van der Waals surface area (Å²) in [5.74, 6) is 0.0261. The summed E-state index contributed by atoms with van der Waals surface area (Å²) in [5, 5.41) is 4.81. The van der Waals surface area contributed by atoms with E-state index in [4.69, 9.17) is 15.6 Å². The van der Waals surface area contributed by atoms with E-state index >= 15 is 0 Å². The third-order valence-corrected chi connectivity index (χ3v) is 4.63. The van der Waals surface area contributed by atoms with Gasteiger partial charge in [0.25, 0.3) is 0 Å². The predicted molar refractivity (Wildman–Crippen MR) is 80.7 cm³/mol. The summed E-state index contributed by atoms with van der Waals surface area (Å²) in [4.78, 5) is 0. The predicted octanol–water partition coefficient (Wildman–Crippen LogP) is -0.754. The van der Waals surface area contributed by atoms with Crippen LogP contribution in [-0.4, -0.2) is 41.5 Å². The van der Waals surface area contributed by atoms with Crippen LogP contribution in [0.25, 0.3) is 0 Å². The summed E-state index contributed by atoms with van der Waals surface area (Å²) < 4.78 is 52.1. The Hall–Kier alpha value is -1.36. The van der Waals surface area contributed by atoms with Gasteiger partial charge in [-0.3, -0.25) is 0 Å². The van der Waals surface area contributed by atoms with E-state index < -0.39 is 20.0 Å². The first-order chi connectivity index (χ1) is 9.68. The monoisotopic (exact) mass is 337 g/mol. The maximum absolute atomic E-state index is 11.6. The Morgan fingerprint density at radius 1 is 1.05 bits per heavy atom. The van der Waals surface area contributed by atoms with E-state index in [1.54, 1.807) is 24.3 Å². The van der Waals surface area contributed by atoms with Crippen molar-refractivity contribution in [2.24, 2.45) is 5.14 Å². The molecule has 0 atom stereocenters. The average Bonchev–Trinajstić information content (AvgIpc) is 2.36. The van der Waals surface area contributed by atoms with Gasteiger partial charge < -0.3 is 10.5 Å². The number of hydrogen-bond acceptors (Lipinski definition) is 6. The molecule has 0 aliphatic carbocycles. The van der Waals surface area contributed by atoms with Crippen molar-refractivity contribution < 1.29 is 21.6 Å². The van der Waals surface area contributed by atoms with Gasteiger partial charge in [0.2, 0.25) is 20.0 Å². The molecule has 0 fully saturated rings. The van der Waals surface area contributed by atoms with Crippen LogP contribution in [0.5, 0.6) is 5.75 Å². The average molecular weight is 337 g/mol. The Morgan fingerprint density at radius 3 is 2.24 bits per heavy atom. The lowest BCUT2D eigenvalue weighted by atomic mass is 10.3. The highest BCUT2D eigenvalue weighted by Crippen LogP contribution is 2.12. The summed E-state index contributed by atoms with van der Waals surface area (Å²) in [6, 6.07) is 6.58. The normalized spacial score (nSPS) is 12.2. The van der Waals surface area contributed by atoms with Crippen LogP contribution in [0.2, 0.25) is 0 Å². The van der Waals surface area contributed by atoms with Gasteiger partial charge >= 0.3 is 0 Å². The van der Waals surface area contributed by atoms with E-state index in [0.29, 0.717) is 11.4 Å². The van der Waals surface area contributed by atoms with Crippen molar-refractivity contribution in [3.05, 3.63) is 24.3 Å². The molecule has 10 heteroatoms. The van der Waals surface area contributed by atoms with Gasteiger partial charge in [-0.25, -0.2) is 26.7 Å². The minimum Gasteiger partial charge on any atom is -0.492 e. The summed E-state index contributed by atoms with van der Waals surface area (Å²) in [6.45, 7) is -0.00489. The number of ether oxygens (including phenoxy) is 1. The largest absolute Gasteiger partial charge is 0.492 e. The number of sulfonamides is 2. The molecular formula is C11H19N3O5S2. The summed E-state index contributed by atoms with van der Waals surface area (Å²) in [6.07, 6.45) is 0.122. The molecule has 0 heterocycles. The molecule has 0 aromatic heterocycles. The first kappa shape index (κ1) is 17.7. The van der Waals surface area contributed by atoms with E-state index in [1.165, 1.54) is 0 Å². The molecule has 0 saturated heterocycles. The van der Waals surface area contributed by atoms with Crippen LogP contribution < -0.4 is 20.3 Å². The van der Waals surface area contributed by atoms with Gasteiger partial charge in [0, 0.05) is 12.2 Å². The van der Waals surface area contributed by atoms with Crippen molar-refractivity contribution in [1.82, 2.24) is 4.72 Å². The molecule has 21 heavy (non-hydrogen) atoms. The number of nitrogen functional groups attached to an aromatic ring is 1. The van der Waals surface area contributed by atoms with Crippen molar-refractivity contribution in [3.63, 3.8) is 0 Å². The second-order valence-corrected chi connectivity index (χ2v) is 8.01. The minimum absolute atomic E-state index is 0.0145. The van der Waals surface area contributed by atoms with Gasteiger partial charge in [-0.05, 0) is 30.7 Å². The van der Waals surface area contributed by atoms with Crippen molar-refractivity contribution >= 4 is 25.7 Å². The Kier molecular flexibility index (Phi) is 6.40. The maximum atomic E-state index is 11.6. The van der Waals surface area contributed by atoms with Gasteiger partial charge in [-0.1, -0.05) is 0 Å². The second-order valence-electron chi connectivity index (χ2n) is 4.35. The quantitative estimate of drug-likeness (QED) is 0.400. The van der Waals surface area contributed by atoms with Crippen LogP contribution in [0, 0.1) is 0 Å². The van der Waals surface area contributed by atoms with Gasteiger partial charge in [-0.2, -0.15) is 0 Å². The fourth-order valence-electron chi connectivity index (χ4n) is 1.41. The molecule has 8 nitrogen and oxygen atoms in total. The standard InChI is InChI=1S/C11H19N3O5S2/c12-10-2-4-11(5-3-10)19-7-9-21(17,18)14-6-1-8-20(13,15)16/h2-5,14H,1,6-9,12H2,(H2,13,15,16). The third kappa shape index (κ3) is 8.50. The summed E-state index contributed by atoms with van der Waals surface area (Å²) in [7, 11) is -7.08. The smallest absolute Gasteiger partial charge is 0.214 e. The number of primary sulfonamides is 1. The summed E-state index contributed by atoms with van der Waals surface area (Å²) in [5.41, 5.74) is 6.10. The van der Waals surface area contributed by atoms with E-state index in [0.717, 1.165) is 0 Å². The zero-order valence-corrected chi connectivity index (χ0v) is 13.0. The number of benzene rings is 1. The SMILES string of the molecule is Nc1ccc(OCCS(=O)(=O)NCCCS(N)(=O)=O)cc1. The number of nitrogens with two attached hydrogens (primary N) is 2. The van der Waals surface area contributed by atoms with E-state index in [2.05, 4.69) is 4.72 Å². The molecule has 0 bridgehead atoms. The van der Waals surface area contributed by atoms with Crippen LogP contribution >= 0.6 is 0 Å². The Bertz CT molecular complexity index is 641. The van der Waals surface area contributed by atoms with E-state index in [1.807, 2.05) is 0 Å². The van der Waals surface area contributed by atoms with Crippen molar-refractivity contribution in [2.75, 3.05) is 30.4 Å². The van der Waals surface area contributed by atoms with Crippen LogP contribution in [0.4, 0.5) is 5.69 Å².